The van der Waals surface area contributed by atoms with E-state index in [0.717, 1.165) is 23.0 Å². The molecule has 2 heterocycles. The molecule has 0 atom stereocenters. The largest absolute Gasteiger partial charge is 0.440 e. The molecule has 0 amide bonds. The van der Waals surface area contributed by atoms with Gasteiger partial charge in [0, 0.05) is 36.3 Å². The minimum Gasteiger partial charge on any atom is -0.440 e. The lowest BCUT2D eigenvalue weighted by Crippen LogP contribution is -2.36. The van der Waals surface area contributed by atoms with Crippen molar-refractivity contribution in [2.45, 2.75) is 0 Å². The Balaban J connectivity index is 1.67. The van der Waals surface area contributed by atoms with Crippen molar-refractivity contribution in [2.75, 3.05) is 31.2 Å². The zero-order chi connectivity index (χ0) is 18.6. The van der Waals surface area contributed by atoms with Gasteiger partial charge >= 0.3 is 0 Å². The number of benzene rings is 2. The quantitative estimate of drug-likeness (QED) is 0.664. The molecule has 2 aromatic carbocycles. The van der Waals surface area contributed by atoms with Crippen LogP contribution < -0.4 is 10.3 Å². The van der Waals surface area contributed by atoms with Crippen molar-refractivity contribution < 1.29 is 13.9 Å². The highest BCUT2D eigenvalue weighted by Crippen LogP contribution is 2.28. The normalized spacial score (nSPS) is 14.1. The van der Waals surface area contributed by atoms with Gasteiger partial charge in [-0.3, -0.25) is 9.59 Å². The highest BCUT2D eigenvalue weighted by atomic mass is 16.5. The monoisotopic (exact) mass is 361 g/mol. The van der Waals surface area contributed by atoms with Crippen LogP contribution in [-0.2, 0) is 4.74 Å². The molecule has 0 aliphatic carbocycles. The lowest BCUT2D eigenvalue weighted by atomic mass is 9.99. The minimum absolute atomic E-state index is 0.0897. The van der Waals surface area contributed by atoms with Gasteiger partial charge in [0.15, 0.2) is 17.6 Å². The molecule has 0 radical (unpaired) electrons. The van der Waals surface area contributed by atoms with E-state index in [9.17, 15) is 9.59 Å². The Labute approximate surface area is 156 Å². The molecule has 1 aliphatic rings. The fourth-order valence-corrected chi connectivity index (χ4v) is 3.22. The number of aldehydes is 1. The number of hydrogen-bond donors (Lipinski definition) is 0. The van der Waals surface area contributed by atoms with Crippen molar-refractivity contribution in [2.24, 2.45) is 0 Å². The van der Waals surface area contributed by atoms with Crippen molar-refractivity contribution in [1.82, 2.24) is 0 Å². The first kappa shape index (κ1) is 17.2. The Bertz CT molecular complexity index is 1000. The number of hydrogen-bond acceptors (Lipinski definition) is 5. The molecule has 0 N–H and O–H groups in total. The summed E-state index contributed by atoms with van der Waals surface area (Å²) in [7, 11) is 0. The van der Waals surface area contributed by atoms with E-state index in [1.165, 1.54) is 12.1 Å². The van der Waals surface area contributed by atoms with Gasteiger partial charge in [-0.25, -0.2) is 0 Å². The van der Waals surface area contributed by atoms with Gasteiger partial charge in [0.25, 0.3) is 0 Å². The molecule has 0 saturated carbocycles. The van der Waals surface area contributed by atoms with Crippen LogP contribution in [-0.4, -0.2) is 32.6 Å². The first-order valence-corrected chi connectivity index (χ1v) is 8.87. The SMILES string of the molecule is O=Cc1ccccc1-c1ccc(-c2cc(=O)cc(N3CCOCC3)o2)cc1. The number of anilines is 1. The summed E-state index contributed by atoms with van der Waals surface area (Å²) in [6.45, 7) is 2.65. The van der Waals surface area contributed by atoms with E-state index < -0.39 is 0 Å². The van der Waals surface area contributed by atoms with Crippen LogP contribution in [0.3, 0.4) is 0 Å². The number of nitrogens with zero attached hydrogens (tertiary/aromatic N) is 1. The predicted molar refractivity (Wildman–Crippen MR) is 104 cm³/mol. The second kappa shape index (κ2) is 7.60. The molecule has 27 heavy (non-hydrogen) atoms. The highest BCUT2D eigenvalue weighted by molar-refractivity contribution is 5.87. The summed E-state index contributed by atoms with van der Waals surface area (Å²) in [5, 5.41) is 0. The molecular formula is C22H19NO4. The van der Waals surface area contributed by atoms with Gasteiger partial charge < -0.3 is 14.1 Å². The van der Waals surface area contributed by atoms with Gasteiger partial charge in [-0.15, -0.1) is 0 Å². The molecule has 1 aromatic heterocycles. The smallest absolute Gasteiger partial charge is 0.200 e. The predicted octanol–water partition coefficient (Wildman–Crippen LogP) is 3.62. The molecule has 136 valence electrons. The Morgan fingerprint density at radius 2 is 1.59 bits per heavy atom. The van der Waals surface area contributed by atoms with Crippen LogP contribution in [0, 0.1) is 0 Å². The molecule has 5 heteroatoms. The molecule has 0 bridgehead atoms. The van der Waals surface area contributed by atoms with Crippen LogP contribution in [0.2, 0.25) is 0 Å². The highest BCUT2D eigenvalue weighted by Gasteiger charge is 2.15. The summed E-state index contributed by atoms with van der Waals surface area (Å²) in [6, 6.07) is 18.1. The van der Waals surface area contributed by atoms with Crippen LogP contribution >= 0.6 is 0 Å². The first-order chi connectivity index (χ1) is 13.2. The second-order valence-corrected chi connectivity index (χ2v) is 6.38. The fraction of sp³-hybridized carbons (Fsp3) is 0.182. The Morgan fingerprint density at radius 3 is 2.33 bits per heavy atom. The van der Waals surface area contributed by atoms with Crippen LogP contribution in [0.15, 0.2) is 69.9 Å². The van der Waals surface area contributed by atoms with Crippen LogP contribution in [0.5, 0.6) is 0 Å². The molecule has 1 aliphatic heterocycles. The maximum atomic E-state index is 12.1. The first-order valence-electron chi connectivity index (χ1n) is 8.87. The lowest BCUT2D eigenvalue weighted by Gasteiger charge is -2.27. The van der Waals surface area contributed by atoms with Crippen LogP contribution in [0.4, 0.5) is 5.88 Å². The van der Waals surface area contributed by atoms with Crippen molar-refractivity contribution in [1.29, 1.82) is 0 Å². The third-order valence-corrected chi connectivity index (χ3v) is 4.64. The summed E-state index contributed by atoms with van der Waals surface area (Å²) in [4.78, 5) is 25.4. The van der Waals surface area contributed by atoms with Crippen molar-refractivity contribution in [3.63, 3.8) is 0 Å². The molecule has 3 aromatic rings. The van der Waals surface area contributed by atoms with E-state index >= 15 is 0 Å². The molecule has 5 nitrogen and oxygen atoms in total. The van der Waals surface area contributed by atoms with E-state index in [-0.39, 0.29) is 5.43 Å². The van der Waals surface area contributed by atoms with Crippen LogP contribution in [0.25, 0.3) is 22.5 Å². The number of carbonyl (C=O) groups is 1. The molecular weight excluding hydrogens is 342 g/mol. The summed E-state index contributed by atoms with van der Waals surface area (Å²) in [5.74, 6) is 1.09. The summed E-state index contributed by atoms with van der Waals surface area (Å²) >= 11 is 0. The molecule has 4 rings (SSSR count). The number of morpholine rings is 1. The van der Waals surface area contributed by atoms with Gasteiger partial charge in [0.05, 0.1) is 13.2 Å². The summed E-state index contributed by atoms with van der Waals surface area (Å²) < 4.78 is 11.3. The minimum atomic E-state index is -0.0897. The molecule has 1 fully saturated rings. The summed E-state index contributed by atoms with van der Waals surface area (Å²) in [5.41, 5.74) is 3.18. The maximum absolute atomic E-state index is 12.1. The second-order valence-electron chi connectivity index (χ2n) is 6.38. The van der Waals surface area contributed by atoms with Gasteiger partial charge in [0.2, 0.25) is 0 Å². The maximum Gasteiger partial charge on any atom is 0.200 e. The average molecular weight is 361 g/mol. The molecule has 1 saturated heterocycles. The Kier molecular flexibility index (Phi) is 4.85. The van der Waals surface area contributed by atoms with E-state index in [1.807, 2.05) is 47.4 Å². The number of carbonyl (C=O) groups excluding carboxylic acids is 1. The van der Waals surface area contributed by atoms with Crippen molar-refractivity contribution in [3.05, 3.63) is 76.5 Å². The van der Waals surface area contributed by atoms with Gasteiger partial charge in [-0.1, -0.05) is 48.5 Å². The number of rotatable bonds is 4. The Hall–Kier alpha value is -3.18. The van der Waals surface area contributed by atoms with Crippen molar-refractivity contribution in [3.8, 4) is 22.5 Å². The molecule has 0 spiro atoms. The zero-order valence-electron chi connectivity index (χ0n) is 14.8. The topological polar surface area (TPSA) is 59.8 Å². The summed E-state index contributed by atoms with van der Waals surface area (Å²) in [6.07, 6.45) is 0.855. The van der Waals surface area contributed by atoms with E-state index in [4.69, 9.17) is 9.15 Å². The van der Waals surface area contributed by atoms with Crippen LogP contribution in [0.1, 0.15) is 10.4 Å². The van der Waals surface area contributed by atoms with E-state index in [1.54, 1.807) is 6.07 Å². The Morgan fingerprint density at radius 1 is 0.889 bits per heavy atom. The van der Waals surface area contributed by atoms with E-state index in [0.29, 0.717) is 43.5 Å². The molecule has 0 unspecified atom stereocenters. The average Bonchev–Trinajstić information content (AvgIpc) is 2.74. The van der Waals surface area contributed by atoms with Gasteiger partial charge in [0.1, 0.15) is 5.76 Å². The third-order valence-electron chi connectivity index (χ3n) is 4.64. The number of ether oxygens (including phenoxy) is 1. The third kappa shape index (κ3) is 3.68. The zero-order valence-corrected chi connectivity index (χ0v) is 14.8. The fourth-order valence-electron chi connectivity index (χ4n) is 3.22. The van der Waals surface area contributed by atoms with Gasteiger partial charge in [-0.2, -0.15) is 0 Å². The van der Waals surface area contributed by atoms with E-state index in [2.05, 4.69) is 0 Å². The standard InChI is InChI=1S/C22H19NO4/c24-15-18-3-1-2-4-20(18)16-5-7-17(8-6-16)21-13-19(25)14-22(27-21)23-9-11-26-12-10-23/h1-8,13-15H,9-12H2. The van der Waals surface area contributed by atoms with Gasteiger partial charge in [-0.05, 0) is 11.1 Å². The van der Waals surface area contributed by atoms with Crippen molar-refractivity contribution >= 4 is 12.2 Å². The lowest BCUT2D eigenvalue weighted by molar-refractivity contribution is 0.112.